The van der Waals surface area contributed by atoms with E-state index in [1.165, 1.54) is 12.8 Å². The second kappa shape index (κ2) is 3.82. The van der Waals surface area contributed by atoms with Crippen molar-refractivity contribution in [3.8, 4) is 0 Å². The van der Waals surface area contributed by atoms with Crippen molar-refractivity contribution in [1.29, 1.82) is 0 Å². The predicted octanol–water partition coefficient (Wildman–Crippen LogP) is 1.87. The van der Waals surface area contributed by atoms with Crippen LogP contribution in [-0.2, 0) is 0 Å². The quantitative estimate of drug-likeness (QED) is 0.764. The zero-order valence-corrected chi connectivity index (χ0v) is 8.62. The maximum atomic E-state index is 4.16. The molecule has 0 unspecified atom stereocenters. The molecule has 14 heavy (non-hydrogen) atoms. The Labute approximate surface area is 84.2 Å². The average molecular weight is 192 g/mol. The van der Waals surface area contributed by atoms with Crippen molar-refractivity contribution in [2.75, 3.05) is 10.6 Å². The highest BCUT2D eigenvalue weighted by atomic mass is 15.1. The second-order valence-corrected chi connectivity index (χ2v) is 4.01. The number of aromatic nitrogens is 2. The van der Waals surface area contributed by atoms with Crippen LogP contribution in [0.15, 0.2) is 12.4 Å². The summed E-state index contributed by atoms with van der Waals surface area (Å²) < 4.78 is 0. The Bertz CT molecular complexity index is 287. The third kappa shape index (κ3) is 2.58. The lowest BCUT2D eigenvalue weighted by atomic mass is 10.4. The summed E-state index contributed by atoms with van der Waals surface area (Å²) in [6.45, 7) is 4.19. The fourth-order valence-corrected chi connectivity index (χ4v) is 1.25. The van der Waals surface area contributed by atoms with Crippen molar-refractivity contribution in [2.45, 2.75) is 38.8 Å². The Hall–Kier alpha value is -1.32. The van der Waals surface area contributed by atoms with Gasteiger partial charge in [-0.2, -0.15) is 0 Å². The molecule has 1 heterocycles. The molecule has 2 rings (SSSR count). The highest BCUT2D eigenvalue weighted by molar-refractivity contribution is 5.47. The van der Waals surface area contributed by atoms with E-state index in [1.807, 2.05) is 6.07 Å². The third-order valence-corrected chi connectivity index (χ3v) is 2.03. The van der Waals surface area contributed by atoms with Crippen molar-refractivity contribution in [1.82, 2.24) is 9.97 Å². The van der Waals surface area contributed by atoms with Crippen molar-refractivity contribution in [2.24, 2.45) is 0 Å². The molecule has 0 saturated heterocycles. The van der Waals surface area contributed by atoms with Crippen LogP contribution < -0.4 is 10.6 Å². The van der Waals surface area contributed by atoms with Crippen LogP contribution in [-0.4, -0.2) is 22.1 Å². The van der Waals surface area contributed by atoms with E-state index in [0.717, 1.165) is 11.6 Å². The summed E-state index contributed by atoms with van der Waals surface area (Å²) in [6, 6.07) is 2.99. The standard InChI is InChI=1S/C10H16N4/c1-7(2)13-9-5-10(12-6-11-9)14-8-3-4-8/h5-8H,3-4H2,1-2H3,(H2,11,12,13,14). The van der Waals surface area contributed by atoms with Gasteiger partial charge in [-0.05, 0) is 26.7 Å². The van der Waals surface area contributed by atoms with Gasteiger partial charge >= 0.3 is 0 Å². The summed E-state index contributed by atoms with van der Waals surface area (Å²) in [5, 5.41) is 6.59. The predicted molar refractivity (Wildman–Crippen MR) is 57.4 cm³/mol. The lowest BCUT2D eigenvalue weighted by Crippen LogP contribution is -2.12. The van der Waals surface area contributed by atoms with E-state index in [4.69, 9.17) is 0 Å². The van der Waals surface area contributed by atoms with Gasteiger partial charge in [0.2, 0.25) is 0 Å². The summed E-state index contributed by atoms with van der Waals surface area (Å²) in [5.41, 5.74) is 0. The molecular weight excluding hydrogens is 176 g/mol. The van der Waals surface area contributed by atoms with Gasteiger partial charge < -0.3 is 10.6 Å². The molecule has 0 aliphatic heterocycles. The van der Waals surface area contributed by atoms with Gasteiger partial charge in [0.15, 0.2) is 0 Å². The van der Waals surface area contributed by atoms with Crippen molar-refractivity contribution < 1.29 is 0 Å². The van der Waals surface area contributed by atoms with Gasteiger partial charge in [-0.15, -0.1) is 0 Å². The van der Waals surface area contributed by atoms with Gasteiger partial charge in [0.05, 0.1) is 0 Å². The molecule has 0 bridgehead atoms. The number of nitrogens with one attached hydrogen (secondary N) is 2. The van der Waals surface area contributed by atoms with Gasteiger partial charge in [-0.3, -0.25) is 0 Å². The zero-order chi connectivity index (χ0) is 9.97. The monoisotopic (exact) mass is 192 g/mol. The molecule has 1 fully saturated rings. The molecule has 4 heteroatoms. The van der Waals surface area contributed by atoms with E-state index in [1.54, 1.807) is 6.33 Å². The Kier molecular flexibility index (Phi) is 2.52. The van der Waals surface area contributed by atoms with Crippen LogP contribution in [0.25, 0.3) is 0 Å². The van der Waals surface area contributed by atoms with E-state index in [9.17, 15) is 0 Å². The fraction of sp³-hybridized carbons (Fsp3) is 0.600. The summed E-state index contributed by atoms with van der Waals surface area (Å²) in [4.78, 5) is 8.31. The van der Waals surface area contributed by atoms with E-state index >= 15 is 0 Å². The first-order chi connectivity index (χ1) is 6.74. The van der Waals surface area contributed by atoms with Crippen LogP contribution in [0.3, 0.4) is 0 Å². The Morgan fingerprint density at radius 1 is 1.29 bits per heavy atom. The van der Waals surface area contributed by atoms with E-state index in [-0.39, 0.29) is 0 Å². The lowest BCUT2D eigenvalue weighted by Gasteiger charge is -2.10. The maximum absolute atomic E-state index is 4.16. The second-order valence-electron chi connectivity index (χ2n) is 4.01. The molecule has 0 aromatic carbocycles. The maximum Gasteiger partial charge on any atom is 0.131 e. The molecule has 1 aliphatic carbocycles. The molecule has 0 amide bonds. The summed E-state index contributed by atoms with van der Waals surface area (Å²) in [6.07, 6.45) is 4.11. The van der Waals surface area contributed by atoms with Crippen molar-refractivity contribution in [3.63, 3.8) is 0 Å². The number of nitrogens with zero attached hydrogens (tertiary/aromatic N) is 2. The molecule has 0 atom stereocenters. The molecule has 1 aliphatic rings. The smallest absolute Gasteiger partial charge is 0.131 e. The van der Waals surface area contributed by atoms with Crippen LogP contribution in [0.1, 0.15) is 26.7 Å². The Morgan fingerprint density at radius 3 is 2.64 bits per heavy atom. The Balaban J connectivity index is 2.01. The molecule has 1 aromatic heterocycles. The third-order valence-electron chi connectivity index (χ3n) is 2.03. The molecule has 0 radical (unpaired) electrons. The highest BCUT2D eigenvalue weighted by Gasteiger charge is 2.21. The first kappa shape index (κ1) is 9.24. The molecule has 2 N–H and O–H groups in total. The summed E-state index contributed by atoms with van der Waals surface area (Å²) in [7, 11) is 0. The van der Waals surface area contributed by atoms with Crippen LogP contribution in [0.2, 0.25) is 0 Å². The summed E-state index contributed by atoms with van der Waals surface area (Å²) >= 11 is 0. The minimum atomic E-state index is 0.402. The van der Waals surface area contributed by atoms with Gasteiger partial charge in [-0.25, -0.2) is 9.97 Å². The molecule has 0 spiro atoms. The number of anilines is 2. The molecule has 1 aromatic rings. The van der Waals surface area contributed by atoms with Crippen LogP contribution >= 0.6 is 0 Å². The van der Waals surface area contributed by atoms with E-state index in [2.05, 4.69) is 34.4 Å². The first-order valence-electron chi connectivity index (χ1n) is 5.09. The van der Waals surface area contributed by atoms with Crippen LogP contribution in [0.4, 0.5) is 11.6 Å². The van der Waals surface area contributed by atoms with Crippen LogP contribution in [0, 0.1) is 0 Å². The lowest BCUT2D eigenvalue weighted by molar-refractivity contribution is 0.886. The zero-order valence-electron chi connectivity index (χ0n) is 8.62. The molecule has 1 saturated carbocycles. The van der Waals surface area contributed by atoms with Crippen molar-refractivity contribution in [3.05, 3.63) is 12.4 Å². The topological polar surface area (TPSA) is 49.8 Å². The SMILES string of the molecule is CC(C)Nc1cc(NC2CC2)ncn1. The minimum absolute atomic E-state index is 0.402. The van der Waals surface area contributed by atoms with Gasteiger partial charge in [-0.1, -0.05) is 0 Å². The van der Waals surface area contributed by atoms with Crippen LogP contribution in [0.5, 0.6) is 0 Å². The van der Waals surface area contributed by atoms with Gasteiger partial charge in [0, 0.05) is 18.2 Å². The van der Waals surface area contributed by atoms with Gasteiger partial charge in [0.1, 0.15) is 18.0 Å². The normalized spacial score (nSPS) is 15.6. The number of hydrogen-bond acceptors (Lipinski definition) is 4. The largest absolute Gasteiger partial charge is 0.368 e. The average Bonchev–Trinajstić information content (AvgIpc) is 2.87. The first-order valence-corrected chi connectivity index (χ1v) is 5.09. The highest BCUT2D eigenvalue weighted by Crippen LogP contribution is 2.24. The minimum Gasteiger partial charge on any atom is -0.368 e. The number of hydrogen-bond donors (Lipinski definition) is 2. The molecule has 76 valence electrons. The van der Waals surface area contributed by atoms with E-state index in [0.29, 0.717) is 12.1 Å². The van der Waals surface area contributed by atoms with E-state index < -0.39 is 0 Å². The van der Waals surface area contributed by atoms with Gasteiger partial charge in [0.25, 0.3) is 0 Å². The molecule has 4 nitrogen and oxygen atoms in total. The van der Waals surface area contributed by atoms with Crippen molar-refractivity contribution >= 4 is 11.6 Å². The summed E-state index contributed by atoms with van der Waals surface area (Å²) in [5.74, 6) is 1.81. The fourth-order valence-electron chi connectivity index (χ4n) is 1.25. The Morgan fingerprint density at radius 2 is 2.00 bits per heavy atom. The molecular formula is C10H16N4. The number of rotatable bonds is 4.